The zero-order chi connectivity index (χ0) is 13.8. The molecule has 2 aromatic carbocycles. The molecule has 0 aliphatic rings. The maximum Gasteiger partial charge on any atom is 0.160 e. The normalized spacial score (nSPS) is 10.3. The lowest BCUT2D eigenvalue weighted by atomic mass is 10.2. The Morgan fingerprint density at radius 3 is 2.68 bits per heavy atom. The summed E-state index contributed by atoms with van der Waals surface area (Å²) in [4.78, 5) is 0. The van der Waals surface area contributed by atoms with Gasteiger partial charge in [0.15, 0.2) is 11.5 Å². The van der Waals surface area contributed by atoms with E-state index in [9.17, 15) is 5.11 Å². The fraction of sp³-hybridized carbons (Fsp3) is 0.200. The number of benzene rings is 2. The summed E-state index contributed by atoms with van der Waals surface area (Å²) in [5.41, 5.74) is 3.30. The van der Waals surface area contributed by atoms with Crippen LogP contribution in [0.3, 0.4) is 0 Å². The third-order valence-electron chi connectivity index (χ3n) is 2.91. The molecule has 100 valence electrons. The summed E-state index contributed by atoms with van der Waals surface area (Å²) in [6.07, 6.45) is 0. The fourth-order valence-electron chi connectivity index (χ4n) is 1.74. The van der Waals surface area contributed by atoms with Crippen LogP contribution in [0.1, 0.15) is 11.1 Å². The zero-order valence-electron chi connectivity index (χ0n) is 10.9. The number of halogens is 1. The van der Waals surface area contributed by atoms with E-state index in [-0.39, 0.29) is 5.75 Å². The van der Waals surface area contributed by atoms with E-state index in [4.69, 9.17) is 4.74 Å². The molecule has 0 bridgehead atoms. The highest BCUT2D eigenvalue weighted by Gasteiger charge is 2.03. The molecule has 0 saturated heterocycles. The lowest BCUT2D eigenvalue weighted by Gasteiger charge is -2.10. The number of hydrogen-bond donors (Lipinski definition) is 2. The maximum atomic E-state index is 9.54. The van der Waals surface area contributed by atoms with Crippen molar-refractivity contribution in [3.63, 3.8) is 0 Å². The summed E-state index contributed by atoms with van der Waals surface area (Å²) < 4.78 is 6.17. The largest absolute Gasteiger partial charge is 0.504 e. The van der Waals surface area contributed by atoms with Gasteiger partial charge in [-0.2, -0.15) is 0 Å². The Morgan fingerprint density at radius 1 is 1.21 bits per heavy atom. The molecule has 4 heteroatoms. The van der Waals surface area contributed by atoms with Crippen molar-refractivity contribution in [2.24, 2.45) is 0 Å². The Kier molecular flexibility index (Phi) is 4.32. The van der Waals surface area contributed by atoms with Gasteiger partial charge in [0.25, 0.3) is 0 Å². The lowest BCUT2D eigenvalue weighted by Crippen LogP contribution is -2.00. The number of phenols is 1. The summed E-state index contributed by atoms with van der Waals surface area (Å²) in [7, 11) is 1.54. The van der Waals surface area contributed by atoms with Crippen LogP contribution in [0.25, 0.3) is 0 Å². The summed E-state index contributed by atoms with van der Waals surface area (Å²) in [5.74, 6) is 0.647. The molecule has 0 heterocycles. The second kappa shape index (κ2) is 5.97. The first-order valence-corrected chi connectivity index (χ1v) is 6.75. The van der Waals surface area contributed by atoms with Crippen LogP contribution in [0, 0.1) is 6.92 Å². The van der Waals surface area contributed by atoms with Crippen molar-refractivity contribution in [2.75, 3.05) is 12.4 Å². The number of aryl methyl sites for hydroxylation is 1. The van der Waals surface area contributed by atoms with Crippen LogP contribution < -0.4 is 10.1 Å². The van der Waals surface area contributed by atoms with Crippen LogP contribution >= 0.6 is 15.9 Å². The Balaban J connectivity index is 2.07. The molecule has 0 radical (unpaired) electrons. The number of nitrogens with one attached hydrogen (secondary N) is 1. The molecule has 0 unspecified atom stereocenters. The number of aromatic hydroxyl groups is 1. The third-order valence-corrected chi connectivity index (χ3v) is 3.77. The average Bonchev–Trinajstić information content (AvgIpc) is 2.41. The molecule has 0 aromatic heterocycles. The van der Waals surface area contributed by atoms with E-state index < -0.39 is 0 Å². The van der Waals surface area contributed by atoms with Gasteiger partial charge in [-0.05, 0) is 42.3 Å². The molecule has 19 heavy (non-hydrogen) atoms. The molecule has 0 aliphatic heterocycles. The molecule has 0 amide bonds. The van der Waals surface area contributed by atoms with Gasteiger partial charge in [-0.1, -0.05) is 28.1 Å². The van der Waals surface area contributed by atoms with Crippen LogP contribution in [-0.2, 0) is 6.54 Å². The molecular weight excluding hydrogens is 306 g/mol. The fourth-order valence-corrected chi connectivity index (χ4v) is 2.12. The van der Waals surface area contributed by atoms with E-state index >= 15 is 0 Å². The molecule has 3 nitrogen and oxygen atoms in total. The van der Waals surface area contributed by atoms with Crippen molar-refractivity contribution in [1.82, 2.24) is 0 Å². The first-order chi connectivity index (χ1) is 9.10. The van der Waals surface area contributed by atoms with Gasteiger partial charge in [-0.25, -0.2) is 0 Å². The Morgan fingerprint density at radius 2 is 2.00 bits per heavy atom. The van der Waals surface area contributed by atoms with E-state index in [0.717, 1.165) is 15.7 Å². The monoisotopic (exact) mass is 321 g/mol. The van der Waals surface area contributed by atoms with Crippen molar-refractivity contribution in [3.05, 3.63) is 52.0 Å². The second-order valence-corrected chi connectivity index (χ2v) is 5.18. The van der Waals surface area contributed by atoms with Gasteiger partial charge in [-0.3, -0.25) is 0 Å². The van der Waals surface area contributed by atoms with E-state index in [0.29, 0.717) is 12.3 Å². The molecule has 0 fully saturated rings. The number of ether oxygens (including phenoxy) is 1. The van der Waals surface area contributed by atoms with E-state index in [1.165, 1.54) is 5.56 Å². The van der Waals surface area contributed by atoms with Gasteiger partial charge in [0.2, 0.25) is 0 Å². The van der Waals surface area contributed by atoms with Gasteiger partial charge in [0.1, 0.15) is 0 Å². The van der Waals surface area contributed by atoms with Gasteiger partial charge in [-0.15, -0.1) is 0 Å². The van der Waals surface area contributed by atoms with Crippen LogP contribution in [0.15, 0.2) is 40.9 Å². The predicted molar refractivity (Wildman–Crippen MR) is 80.9 cm³/mol. The summed E-state index contributed by atoms with van der Waals surface area (Å²) in [6, 6.07) is 11.5. The average molecular weight is 322 g/mol. The standard InChI is InChI=1S/C15H16BrNO2/c1-10-3-5-12(8-13(10)16)17-9-11-4-6-14(18)15(7-11)19-2/h3-8,17-18H,9H2,1-2H3. The highest BCUT2D eigenvalue weighted by atomic mass is 79.9. The van der Waals surface area contributed by atoms with Gasteiger partial charge < -0.3 is 15.2 Å². The molecule has 0 spiro atoms. The third kappa shape index (κ3) is 3.41. The molecule has 0 saturated carbocycles. The second-order valence-electron chi connectivity index (χ2n) is 4.32. The van der Waals surface area contributed by atoms with Crippen molar-refractivity contribution in [3.8, 4) is 11.5 Å². The maximum absolute atomic E-state index is 9.54. The molecular formula is C15H16BrNO2. The lowest BCUT2D eigenvalue weighted by molar-refractivity contribution is 0.373. The summed E-state index contributed by atoms with van der Waals surface area (Å²) in [5, 5.41) is 12.9. The minimum Gasteiger partial charge on any atom is -0.504 e. The molecule has 0 atom stereocenters. The first-order valence-electron chi connectivity index (χ1n) is 5.96. The van der Waals surface area contributed by atoms with Crippen LogP contribution in [0.5, 0.6) is 11.5 Å². The minimum absolute atomic E-state index is 0.157. The number of anilines is 1. The SMILES string of the molecule is COc1cc(CNc2ccc(C)c(Br)c2)ccc1O. The molecule has 2 N–H and O–H groups in total. The van der Waals surface area contributed by atoms with Crippen molar-refractivity contribution < 1.29 is 9.84 Å². The van der Waals surface area contributed by atoms with E-state index in [1.54, 1.807) is 13.2 Å². The van der Waals surface area contributed by atoms with Crippen molar-refractivity contribution >= 4 is 21.6 Å². The number of phenolic OH excluding ortho intramolecular Hbond substituents is 1. The van der Waals surface area contributed by atoms with Gasteiger partial charge >= 0.3 is 0 Å². The zero-order valence-corrected chi connectivity index (χ0v) is 12.5. The molecule has 2 rings (SSSR count). The quantitative estimate of drug-likeness (QED) is 0.891. The van der Waals surface area contributed by atoms with E-state index in [1.807, 2.05) is 24.3 Å². The highest BCUT2D eigenvalue weighted by Crippen LogP contribution is 2.27. The van der Waals surface area contributed by atoms with E-state index in [2.05, 4.69) is 34.2 Å². The summed E-state index contributed by atoms with van der Waals surface area (Å²) >= 11 is 3.51. The number of rotatable bonds is 4. The number of hydrogen-bond acceptors (Lipinski definition) is 3. The smallest absolute Gasteiger partial charge is 0.160 e. The van der Waals surface area contributed by atoms with Gasteiger partial charge in [0, 0.05) is 16.7 Å². The predicted octanol–water partition coefficient (Wildman–Crippen LogP) is 4.08. The van der Waals surface area contributed by atoms with Crippen molar-refractivity contribution in [2.45, 2.75) is 13.5 Å². The number of methoxy groups -OCH3 is 1. The molecule has 0 aliphatic carbocycles. The van der Waals surface area contributed by atoms with Crippen LogP contribution in [-0.4, -0.2) is 12.2 Å². The first kappa shape index (κ1) is 13.7. The van der Waals surface area contributed by atoms with Crippen LogP contribution in [0.2, 0.25) is 0 Å². The Labute approximate surface area is 121 Å². The summed E-state index contributed by atoms with van der Waals surface area (Å²) in [6.45, 7) is 2.73. The highest BCUT2D eigenvalue weighted by molar-refractivity contribution is 9.10. The Hall–Kier alpha value is -1.68. The molecule has 2 aromatic rings. The van der Waals surface area contributed by atoms with Crippen molar-refractivity contribution in [1.29, 1.82) is 0 Å². The Bertz CT molecular complexity index is 584. The van der Waals surface area contributed by atoms with Crippen LogP contribution in [0.4, 0.5) is 5.69 Å². The minimum atomic E-state index is 0.157. The van der Waals surface area contributed by atoms with Gasteiger partial charge in [0.05, 0.1) is 7.11 Å². The topological polar surface area (TPSA) is 41.5 Å².